The second-order valence-corrected chi connectivity index (χ2v) is 13.6. The highest BCUT2D eigenvalue weighted by atomic mass is 16.6. The van der Waals surface area contributed by atoms with Crippen LogP contribution in [-0.4, -0.2) is 114 Å². The summed E-state index contributed by atoms with van der Waals surface area (Å²) < 4.78 is 22.8. The standard InChI is InChI=1S/C35H58N2O9/c1-7-28(39)26(5)33-30(44-33)22-35(6,42)14-8-9-24(3)32-25(4)11-13-29(23(2)10-12-27(38)21-31(40)46-32)45-34(41)36-15-16-37-17-19-43-20-18-37/h8-9,11,13-14,23,25-30,32-33,38-39,42H,7,10,12,15-22H2,1-6H3,(H,36,41)/b13-11+,14-8+,24-9+. The van der Waals surface area contributed by atoms with Gasteiger partial charge in [-0.25, -0.2) is 4.79 Å². The van der Waals surface area contributed by atoms with E-state index >= 15 is 0 Å². The molecule has 3 aliphatic rings. The van der Waals surface area contributed by atoms with Gasteiger partial charge in [-0.3, -0.25) is 9.69 Å². The molecule has 0 bridgehead atoms. The summed E-state index contributed by atoms with van der Waals surface area (Å²) in [7, 11) is 0. The van der Waals surface area contributed by atoms with E-state index in [-0.39, 0.29) is 36.4 Å². The zero-order valence-electron chi connectivity index (χ0n) is 28.6. The van der Waals surface area contributed by atoms with Gasteiger partial charge in [-0.1, -0.05) is 52.0 Å². The summed E-state index contributed by atoms with van der Waals surface area (Å²) in [6.45, 7) is 15.6. The third-order valence-corrected chi connectivity index (χ3v) is 9.35. The lowest BCUT2D eigenvalue weighted by Crippen LogP contribution is -2.42. The molecule has 4 N–H and O–H groups in total. The van der Waals surface area contributed by atoms with E-state index < -0.39 is 42.1 Å². The van der Waals surface area contributed by atoms with Gasteiger partial charge in [0.05, 0.1) is 49.7 Å². The summed E-state index contributed by atoms with van der Waals surface area (Å²) in [5.74, 6) is -0.825. The normalized spacial score (nSPS) is 33.5. The molecule has 10 unspecified atom stereocenters. The lowest BCUT2D eigenvalue weighted by Gasteiger charge is -2.28. The van der Waals surface area contributed by atoms with E-state index in [9.17, 15) is 24.9 Å². The summed E-state index contributed by atoms with van der Waals surface area (Å²) in [5, 5.41) is 34.5. The van der Waals surface area contributed by atoms with E-state index in [2.05, 4.69) is 10.2 Å². The van der Waals surface area contributed by atoms with Gasteiger partial charge in [-0.2, -0.15) is 0 Å². The number of aliphatic hydroxyl groups is 3. The Kier molecular flexibility index (Phi) is 15.2. The molecule has 3 aliphatic heterocycles. The molecule has 0 spiro atoms. The van der Waals surface area contributed by atoms with Crippen molar-refractivity contribution in [2.75, 3.05) is 39.4 Å². The Labute approximate surface area is 275 Å². The quantitative estimate of drug-likeness (QED) is 0.107. The number of hydrogen-bond acceptors (Lipinski definition) is 10. The number of esters is 1. The van der Waals surface area contributed by atoms with Crippen molar-refractivity contribution >= 4 is 12.1 Å². The van der Waals surface area contributed by atoms with Crippen LogP contribution in [0.15, 0.2) is 36.0 Å². The van der Waals surface area contributed by atoms with E-state index in [0.29, 0.717) is 45.4 Å². The maximum Gasteiger partial charge on any atom is 0.407 e. The van der Waals surface area contributed by atoms with Crippen molar-refractivity contribution in [3.05, 3.63) is 36.0 Å². The molecule has 3 heterocycles. The number of nitrogens with zero attached hydrogens (tertiary/aromatic N) is 1. The molecule has 0 aromatic rings. The van der Waals surface area contributed by atoms with Crippen molar-refractivity contribution in [2.45, 2.75) is 116 Å². The molecule has 10 atom stereocenters. The Hall–Kier alpha value is -2.28. The summed E-state index contributed by atoms with van der Waals surface area (Å²) in [5.41, 5.74) is -0.370. The lowest BCUT2D eigenvalue weighted by molar-refractivity contribution is -0.151. The SMILES string of the molecule is CCC(O)C(C)C1OC1CC(C)(O)/C=C/C=C(\C)C1OC(=O)CC(O)CCC(C)C(OC(=O)NCCN2CCOCC2)/C=C/C1C. The average Bonchev–Trinajstić information content (AvgIpc) is 3.77. The van der Waals surface area contributed by atoms with Gasteiger partial charge in [0, 0.05) is 44.4 Å². The highest BCUT2D eigenvalue weighted by Gasteiger charge is 2.47. The molecule has 0 aliphatic carbocycles. The molecule has 262 valence electrons. The van der Waals surface area contributed by atoms with Crippen molar-refractivity contribution < 1.29 is 43.9 Å². The van der Waals surface area contributed by atoms with Crippen LogP contribution in [-0.2, 0) is 23.7 Å². The zero-order valence-corrected chi connectivity index (χ0v) is 28.6. The fraction of sp³-hybridized carbons (Fsp3) is 0.771. The first kappa shape index (κ1) is 38.2. The smallest absolute Gasteiger partial charge is 0.407 e. The Balaban J connectivity index is 1.64. The summed E-state index contributed by atoms with van der Waals surface area (Å²) >= 11 is 0. The van der Waals surface area contributed by atoms with Crippen molar-refractivity contribution in [1.29, 1.82) is 0 Å². The number of ether oxygens (including phenoxy) is 4. The molecule has 11 heteroatoms. The first-order valence-electron chi connectivity index (χ1n) is 17.0. The maximum atomic E-state index is 12.8. The van der Waals surface area contributed by atoms with Crippen LogP contribution in [0.4, 0.5) is 4.79 Å². The molecule has 2 fully saturated rings. The second-order valence-electron chi connectivity index (χ2n) is 13.6. The van der Waals surface area contributed by atoms with Gasteiger partial charge in [0.1, 0.15) is 12.2 Å². The summed E-state index contributed by atoms with van der Waals surface area (Å²) in [6.07, 6.45) is 7.75. The van der Waals surface area contributed by atoms with Gasteiger partial charge >= 0.3 is 12.1 Å². The Bertz CT molecular complexity index is 1050. The Morgan fingerprint density at radius 1 is 1.24 bits per heavy atom. The zero-order chi connectivity index (χ0) is 33.9. The van der Waals surface area contributed by atoms with Crippen molar-refractivity contribution in [2.24, 2.45) is 17.8 Å². The van der Waals surface area contributed by atoms with Gasteiger partial charge < -0.3 is 39.6 Å². The number of carbonyl (C=O) groups excluding carboxylic acids is 2. The minimum absolute atomic E-state index is 0.00323. The molecule has 3 rings (SSSR count). The van der Waals surface area contributed by atoms with Crippen molar-refractivity contribution in [3.63, 3.8) is 0 Å². The number of allylic oxidation sites excluding steroid dienone is 2. The topological polar surface area (TPSA) is 150 Å². The van der Waals surface area contributed by atoms with Gasteiger partial charge in [0.15, 0.2) is 0 Å². The van der Waals surface area contributed by atoms with Gasteiger partial charge in [0.25, 0.3) is 0 Å². The molecule has 0 aromatic carbocycles. The number of rotatable bonds is 12. The average molecular weight is 651 g/mol. The number of alkyl carbamates (subject to hydrolysis) is 1. The van der Waals surface area contributed by atoms with Crippen LogP contribution in [0.2, 0.25) is 0 Å². The molecule has 11 nitrogen and oxygen atoms in total. The number of carbonyl (C=O) groups is 2. The predicted octanol–water partition coefficient (Wildman–Crippen LogP) is 3.52. The molecule has 1 amide bonds. The number of hydrogen-bond donors (Lipinski definition) is 4. The fourth-order valence-electron chi connectivity index (χ4n) is 6.11. The van der Waals surface area contributed by atoms with E-state index in [0.717, 1.165) is 25.2 Å². The van der Waals surface area contributed by atoms with E-state index in [1.54, 1.807) is 19.1 Å². The third-order valence-electron chi connectivity index (χ3n) is 9.35. The van der Waals surface area contributed by atoms with Crippen LogP contribution in [0.3, 0.4) is 0 Å². The summed E-state index contributed by atoms with van der Waals surface area (Å²) in [6, 6.07) is 0. The number of nitrogens with one attached hydrogen (secondary N) is 1. The van der Waals surface area contributed by atoms with Crippen molar-refractivity contribution in [1.82, 2.24) is 10.2 Å². The second kappa shape index (κ2) is 18.3. The highest BCUT2D eigenvalue weighted by Crippen LogP contribution is 2.37. The van der Waals surface area contributed by atoms with Crippen molar-refractivity contribution in [3.8, 4) is 0 Å². The number of amides is 1. The molecular weight excluding hydrogens is 592 g/mol. The molecule has 0 saturated carbocycles. The van der Waals surface area contributed by atoms with Crippen LogP contribution < -0.4 is 5.32 Å². The monoisotopic (exact) mass is 650 g/mol. The Morgan fingerprint density at radius 2 is 1.96 bits per heavy atom. The minimum Gasteiger partial charge on any atom is -0.457 e. The third kappa shape index (κ3) is 12.7. The van der Waals surface area contributed by atoms with Gasteiger partial charge in [-0.05, 0) is 50.7 Å². The number of morpholine rings is 1. The van der Waals surface area contributed by atoms with Crippen LogP contribution in [0.25, 0.3) is 0 Å². The van der Waals surface area contributed by atoms with Crippen LogP contribution in [0.5, 0.6) is 0 Å². The number of aliphatic hydroxyl groups excluding tert-OH is 2. The molecule has 46 heavy (non-hydrogen) atoms. The van der Waals surface area contributed by atoms with Crippen LogP contribution >= 0.6 is 0 Å². The van der Waals surface area contributed by atoms with E-state index in [1.807, 2.05) is 52.8 Å². The number of epoxide rings is 1. The molecule has 2 saturated heterocycles. The Morgan fingerprint density at radius 3 is 2.65 bits per heavy atom. The largest absolute Gasteiger partial charge is 0.457 e. The van der Waals surface area contributed by atoms with Gasteiger partial charge in [0.2, 0.25) is 0 Å². The number of cyclic esters (lactones) is 1. The molecular formula is C35H58N2O9. The van der Waals surface area contributed by atoms with Gasteiger partial charge in [-0.15, -0.1) is 0 Å². The lowest BCUT2D eigenvalue weighted by atomic mass is 9.91. The maximum absolute atomic E-state index is 12.8. The van der Waals surface area contributed by atoms with E-state index in [4.69, 9.17) is 18.9 Å². The molecule has 0 aromatic heterocycles. The van der Waals surface area contributed by atoms with E-state index in [1.165, 1.54) is 0 Å². The highest BCUT2D eigenvalue weighted by molar-refractivity contribution is 5.70. The summed E-state index contributed by atoms with van der Waals surface area (Å²) in [4.78, 5) is 27.7. The first-order valence-corrected chi connectivity index (χ1v) is 17.0. The minimum atomic E-state index is -1.13. The predicted molar refractivity (Wildman–Crippen MR) is 175 cm³/mol. The van der Waals surface area contributed by atoms with Crippen LogP contribution in [0, 0.1) is 17.8 Å². The van der Waals surface area contributed by atoms with Crippen LogP contribution in [0.1, 0.15) is 73.6 Å². The molecule has 0 radical (unpaired) electrons. The fourth-order valence-corrected chi connectivity index (χ4v) is 6.11. The first-order chi connectivity index (χ1) is 21.8.